The Morgan fingerprint density at radius 1 is 1.22 bits per heavy atom. The normalized spacial score (nSPS) is 10.8. The molecule has 0 saturated heterocycles. The van der Waals surface area contributed by atoms with Gasteiger partial charge in [-0.1, -0.05) is 37.6 Å². The molecule has 1 N–H and O–H groups in total. The molecule has 0 fully saturated rings. The van der Waals surface area contributed by atoms with Gasteiger partial charge in [0.15, 0.2) is 0 Å². The van der Waals surface area contributed by atoms with Crippen molar-refractivity contribution in [3.05, 3.63) is 71.5 Å². The Bertz CT molecular complexity index is 890. The highest BCUT2D eigenvalue weighted by Crippen LogP contribution is 2.28. The van der Waals surface area contributed by atoms with Crippen molar-refractivity contribution in [2.45, 2.75) is 20.3 Å². The third kappa shape index (κ3) is 5.34. The molecule has 3 rings (SSSR count). The fourth-order valence-electron chi connectivity index (χ4n) is 2.53. The van der Waals surface area contributed by atoms with Gasteiger partial charge < -0.3 is 10.1 Å². The first-order chi connectivity index (χ1) is 13.0. The van der Waals surface area contributed by atoms with Gasteiger partial charge in [0.2, 0.25) is 5.91 Å². The van der Waals surface area contributed by atoms with Crippen LogP contribution in [0.3, 0.4) is 0 Å². The van der Waals surface area contributed by atoms with Crippen molar-refractivity contribution < 1.29 is 9.53 Å². The van der Waals surface area contributed by atoms with Gasteiger partial charge in [-0.2, -0.15) is 5.10 Å². The van der Waals surface area contributed by atoms with E-state index in [-0.39, 0.29) is 12.3 Å². The number of halogens is 1. The van der Waals surface area contributed by atoms with Crippen molar-refractivity contribution in [3.63, 3.8) is 0 Å². The molecule has 0 saturated carbocycles. The van der Waals surface area contributed by atoms with E-state index in [1.807, 2.05) is 36.5 Å². The number of carbonyl (C=O) groups excluding carboxylic acids is 1. The molecule has 1 amide bonds. The van der Waals surface area contributed by atoms with Crippen LogP contribution in [0.4, 0.5) is 5.69 Å². The zero-order valence-corrected chi connectivity index (χ0v) is 16.1. The van der Waals surface area contributed by atoms with Crippen LogP contribution in [0.5, 0.6) is 5.75 Å². The Labute approximate surface area is 163 Å². The molecule has 27 heavy (non-hydrogen) atoms. The first kappa shape index (κ1) is 19.0. The maximum Gasteiger partial charge on any atom is 0.228 e. The highest BCUT2D eigenvalue weighted by Gasteiger charge is 2.08. The van der Waals surface area contributed by atoms with Crippen molar-refractivity contribution in [3.8, 4) is 11.4 Å². The minimum atomic E-state index is -0.103. The Hall–Kier alpha value is -2.79. The van der Waals surface area contributed by atoms with E-state index in [9.17, 15) is 4.79 Å². The van der Waals surface area contributed by atoms with E-state index >= 15 is 0 Å². The molecule has 3 aromatic rings. The van der Waals surface area contributed by atoms with Gasteiger partial charge in [-0.15, -0.1) is 0 Å². The number of rotatable bonds is 7. The Kier molecular flexibility index (Phi) is 6.14. The standard InChI is InChI=1S/C21H22ClN3O2/c1-15(2)14-27-20-9-6-17(13-19(20)22)24-21(26)12-16-4-7-18(8-5-16)25-11-3-10-23-25/h3-11,13,15H,12,14H2,1-2H3,(H,24,26). The molecule has 140 valence electrons. The average Bonchev–Trinajstić information content (AvgIpc) is 3.16. The lowest BCUT2D eigenvalue weighted by Crippen LogP contribution is -2.14. The van der Waals surface area contributed by atoms with E-state index in [0.717, 1.165) is 11.3 Å². The molecule has 0 aliphatic rings. The summed E-state index contributed by atoms with van der Waals surface area (Å²) < 4.78 is 7.42. The SMILES string of the molecule is CC(C)COc1ccc(NC(=O)Cc2ccc(-n3cccn3)cc2)cc1Cl. The molecule has 2 aromatic carbocycles. The minimum Gasteiger partial charge on any atom is -0.492 e. The smallest absolute Gasteiger partial charge is 0.228 e. The second-order valence-corrected chi connectivity index (χ2v) is 7.10. The summed E-state index contributed by atoms with van der Waals surface area (Å²) in [4.78, 5) is 12.3. The number of hydrogen-bond donors (Lipinski definition) is 1. The average molecular weight is 384 g/mol. The molecule has 0 spiro atoms. The van der Waals surface area contributed by atoms with Crippen molar-refractivity contribution >= 4 is 23.2 Å². The summed E-state index contributed by atoms with van der Waals surface area (Å²) in [6, 6.07) is 14.9. The highest BCUT2D eigenvalue weighted by atomic mass is 35.5. The van der Waals surface area contributed by atoms with E-state index in [4.69, 9.17) is 16.3 Å². The van der Waals surface area contributed by atoms with Gasteiger partial charge in [-0.05, 0) is 47.9 Å². The minimum absolute atomic E-state index is 0.103. The molecule has 0 aliphatic heterocycles. The highest BCUT2D eigenvalue weighted by molar-refractivity contribution is 6.32. The van der Waals surface area contributed by atoms with Crippen LogP contribution in [0, 0.1) is 5.92 Å². The summed E-state index contributed by atoms with van der Waals surface area (Å²) >= 11 is 6.24. The monoisotopic (exact) mass is 383 g/mol. The summed E-state index contributed by atoms with van der Waals surface area (Å²) in [6.07, 6.45) is 3.88. The van der Waals surface area contributed by atoms with Crippen LogP contribution in [0.15, 0.2) is 60.9 Å². The van der Waals surface area contributed by atoms with Crippen LogP contribution >= 0.6 is 11.6 Å². The van der Waals surface area contributed by atoms with Gasteiger partial charge in [0.05, 0.1) is 23.7 Å². The quantitative estimate of drug-likeness (QED) is 0.641. The predicted molar refractivity (Wildman–Crippen MR) is 108 cm³/mol. The van der Waals surface area contributed by atoms with E-state index in [0.29, 0.717) is 29.0 Å². The van der Waals surface area contributed by atoms with E-state index in [2.05, 4.69) is 24.3 Å². The third-order valence-electron chi connectivity index (χ3n) is 3.86. The number of nitrogens with one attached hydrogen (secondary N) is 1. The molecule has 0 unspecified atom stereocenters. The van der Waals surface area contributed by atoms with Crippen LogP contribution in [-0.4, -0.2) is 22.3 Å². The molecule has 0 bridgehead atoms. The van der Waals surface area contributed by atoms with Crippen LogP contribution in [0.1, 0.15) is 19.4 Å². The first-order valence-corrected chi connectivity index (χ1v) is 9.20. The topological polar surface area (TPSA) is 56.1 Å². The zero-order chi connectivity index (χ0) is 19.2. The van der Waals surface area contributed by atoms with Crippen LogP contribution in [-0.2, 0) is 11.2 Å². The predicted octanol–water partition coefficient (Wildman–Crippen LogP) is 4.74. The van der Waals surface area contributed by atoms with Gasteiger partial charge in [0.25, 0.3) is 0 Å². The molecule has 1 aromatic heterocycles. The summed E-state index contributed by atoms with van der Waals surface area (Å²) in [6.45, 7) is 4.74. The molecular weight excluding hydrogens is 362 g/mol. The van der Waals surface area contributed by atoms with Crippen molar-refractivity contribution in [1.29, 1.82) is 0 Å². The summed E-state index contributed by atoms with van der Waals surface area (Å²) in [5, 5.41) is 7.54. The summed E-state index contributed by atoms with van der Waals surface area (Å²) in [5.74, 6) is 0.937. The Morgan fingerprint density at radius 2 is 2.00 bits per heavy atom. The van der Waals surface area contributed by atoms with Crippen LogP contribution in [0.2, 0.25) is 5.02 Å². The Balaban J connectivity index is 1.58. The van der Waals surface area contributed by atoms with Crippen molar-refractivity contribution in [2.75, 3.05) is 11.9 Å². The van der Waals surface area contributed by atoms with Gasteiger partial charge >= 0.3 is 0 Å². The molecular formula is C21H22ClN3O2. The Morgan fingerprint density at radius 3 is 2.63 bits per heavy atom. The lowest BCUT2D eigenvalue weighted by molar-refractivity contribution is -0.115. The number of benzene rings is 2. The second kappa shape index (κ2) is 8.73. The number of nitrogens with zero attached hydrogens (tertiary/aromatic N) is 2. The number of aromatic nitrogens is 2. The molecule has 1 heterocycles. The maximum atomic E-state index is 12.3. The summed E-state index contributed by atoms with van der Waals surface area (Å²) in [7, 11) is 0. The maximum absolute atomic E-state index is 12.3. The van der Waals surface area contributed by atoms with Crippen LogP contribution in [0.25, 0.3) is 5.69 Å². The van der Waals surface area contributed by atoms with Crippen molar-refractivity contribution in [1.82, 2.24) is 9.78 Å². The first-order valence-electron chi connectivity index (χ1n) is 8.82. The van der Waals surface area contributed by atoms with E-state index < -0.39 is 0 Å². The zero-order valence-electron chi connectivity index (χ0n) is 15.4. The number of hydrogen-bond acceptors (Lipinski definition) is 3. The van der Waals surface area contributed by atoms with Gasteiger partial charge in [-0.25, -0.2) is 4.68 Å². The van der Waals surface area contributed by atoms with Gasteiger partial charge in [-0.3, -0.25) is 4.79 Å². The summed E-state index contributed by atoms with van der Waals surface area (Å²) in [5.41, 5.74) is 2.52. The van der Waals surface area contributed by atoms with E-state index in [1.165, 1.54) is 0 Å². The number of carbonyl (C=O) groups is 1. The molecule has 0 radical (unpaired) electrons. The third-order valence-corrected chi connectivity index (χ3v) is 4.15. The van der Waals surface area contributed by atoms with E-state index in [1.54, 1.807) is 29.1 Å². The number of ether oxygens (including phenoxy) is 1. The van der Waals surface area contributed by atoms with Gasteiger partial charge in [0.1, 0.15) is 5.75 Å². The van der Waals surface area contributed by atoms with Crippen molar-refractivity contribution in [2.24, 2.45) is 5.92 Å². The van der Waals surface area contributed by atoms with Gasteiger partial charge in [0, 0.05) is 18.1 Å². The second-order valence-electron chi connectivity index (χ2n) is 6.69. The largest absolute Gasteiger partial charge is 0.492 e. The van der Waals surface area contributed by atoms with Crippen LogP contribution < -0.4 is 10.1 Å². The molecule has 0 atom stereocenters. The number of anilines is 1. The lowest BCUT2D eigenvalue weighted by atomic mass is 10.1. The fraction of sp³-hybridized carbons (Fsp3) is 0.238. The lowest BCUT2D eigenvalue weighted by Gasteiger charge is -2.12. The molecule has 0 aliphatic carbocycles. The number of amides is 1. The molecule has 6 heteroatoms. The fourth-order valence-corrected chi connectivity index (χ4v) is 2.77. The molecule has 5 nitrogen and oxygen atoms in total.